The molecule has 1 fully saturated rings. The number of rotatable bonds is 5. The second-order valence-electron chi connectivity index (χ2n) is 5.98. The van der Waals surface area contributed by atoms with Crippen LogP contribution in [0.2, 0.25) is 5.02 Å². The third-order valence-corrected chi connectivity index (χ3v) is 4.91. The Bertz CT molecular complexity index is 597. The van der Waals surface area contributed by atoms with E-state index in [0.29, 0.717) is 5.92 Å². The molecule has 5 heteroatoms. The van der Waals surface area contributed by atoms with E-state index >= 15 is 0 Å². The fourth-order valence-corrected chi connectivity index (χ4v) is 3.61. The number of benzene rings is 1. The van der Waals surface area contributed by atoms with Crippen LogP contribution in [-0.4, -0.2) is 29.0 Å². The quantitative estimate of drug-likeness (QED) is 0.816. The summed E-state index contributed by atoms with van der Waals surface area (Å²) in [7, 11) is 0. The average molecular weight is 350 g/mol. The zero-order valence-corrected chi connectivity index (χ0v) is 14.5. The Morgan fingerprint density at radius 1 is 1.13 bits per heavy atom. The van der Waals surface area contributed by atoms with Crippen LogP contribution in [0.5, 0.6) is 0 Å². The van der Waals surface area contributed by atoms with Gasteiger partial charge in [-0.2, -0.15) is 0 Å². The highest BCUT2D eigenvalue weighted by atomic mass is 35.5. The van der Waals surface area contributed by atoms with E-state index in [1.54, 1.807) is 0 Å². The second-order valence-corrected chi connectivity index (χ2v) is 6.85. The lowest BCUT2D eigenvalue weighted by atomic mass is 9.96. The van der Waals surface area contributed by atoms with E-state index in [1.807, 2.05) is 53.1 Å². The Morgan fingerprint density at radius 2 is 1.87 bits per heavy atom. The van der Waals surface area contributed by atoms with E-state index < -0.39 is 0 Å². The number of hydrogen-bond acceptors (Lipinski definition) is 3. The van der Waals surface area contributed by atoms with Crippen LogP contribution in [0, 0.1) is 5.92 Å². The van der Waals surface area contributed by atoms with Crippen LogP contribution in [0.1, 0.15) is 30.1 Å². The molecule has 3 rings (SSSR count). The summed E-state index contributed by atoms with van der Waals surface area (Å²) in [5.74, 6) is 0.618. The Kier molecular flexibility index (Phi) is 5.90. The fourth-order valence-electron chi connectivity index (χ4n) is 3.08. The van der Waals surface area contributed by atoms with E-state index in [2.05, 4.69) is 10.3 Å². The Morgan fingerprint density at radius 3 is 2.52 bits per heavy atom. The van der Waals surface area contributed by atoms with Gasteiger partial charge in [0, 0.05) is 17.8 Å². The lowest BCUT2D eigenvalue weighted by Crippen LogP contribution is -2.34. The highest BCUT2D eigenvalue weighted by molar-refractivity contribution is 6.30. The molecule has 1 aromatic carbocycles. The first-order valence-electron chi connectivity index (χ1n) is 8.03. The molecule has 1 unspecified atom stereocenters. The first-order valence-corrected chi connectivity index (χ1v) is 8.75. The maximum absolute atomic E-state index is 6.73. The maximum Gasteiger partial charge on any atom is 0.0922 e. The van der Waals surface area contributed by atoms with E-state index in [-0.39, 0.29) is 6.04 Å². The summed E-state index contributed by atoms with van der Waals surface area (Å²) < 4.78 is 1.90. The molecule has 122 valence electrons. The van der Waals surface area contributed by atoms with Crippen molar-refractivity contribution >= 4 is 23.4 Å². The molecule has 0 saturated carbocycles. The van der Waals surface area contributed by atoms with Gasteiger partial charge in [0.05, 0.1) is 11.7 Å². The summed E-state index contributed by atoms with van der Waals surface area (Å²) in [6.45, 7) is 3.00. The molecule has 2 heterocycles. The predicted molar refractivity (Wildman–Crippen MR) is 95.7 cm³/mol. The van der Waals surface area contributed by atoms with Crippen molar-refractivity contribution in [2.45, 2.75) is 18.9 Å². The van der Waals surface area contributed by atoms with Crippen LogP contribution < -0.4 is 5.32 Å². The van der Waals surface area contributed by atoms with Gasteiger partial charge in [0.1, 0.15) is 0 Å². The lowest BCUT2D eigenvalue weighted by Gasteiger charge is -2.31. The molecule has 0 radical (unpaired) electrons. The van der Waals surface area contributed by atoms with E-state index in [1.165, 1.54) is 12.8 Å². The van der Waals surface area contributed by atoms with Crippen molar-refractivity contribution in [2.75, 3.05) is 19.6 Å². The smallest absolute Gasteiger partial charge is 0.0922 e. The lowest BCUT2D eigenvalue weighted by molar-refractivity contribution is 0.270. The molecule has 2 aromatic rings. The summed E-state index contributed by atoms with van der Waals surface area (Å²) in [5.41, 5.74) is 2.07. The van der Waals surface area contributed by atoms with E-state index in [4.69, 9.17) is 23.4 Å². The minimum absolute atomic E-state index is 0.0648. The molecule has 0 aliphatic carbocycles. The number of nitrogens with one attached hydrogen (secondary N) is 1. The third kappa shape index (κ3) is 4.45. The van der Waals surface area contributed by atoms with Crippen molar-refractivity contribution in [3.63, 3.8) is 0 Å². The van der Waals surface area contributed by atoms with Gasteiger partial charge < -0.3 is 5.32 Å². The van der Waals surface area contributed by atoms with E-state index in [9.17, 15) is 0 Å². The van der Waals surface area contributed by atoms with Crippen molar-refractivity contribution in [1.29, 1.82) is 0 Å². The van der Waals surface area contributed by atoms with Gasteiger partial charge >= 0.3 is 0 Å². The number of halogens is 2. The number of aromatic nitrogens is 1. The normalized spacial score (nSPS) is 17.3. The van der Waals surface area contributed by atoms with Crippen LogP contribution in [0.25, 0.3) is 0 Å². The van der Waals surface area contributed by atoms with Crippen LogP contribution in [0.15, 0.2) is 48.7 Å². The Hall–Kier alpha value is -1.13. The summed E-state index contributed by atoms with van der Waals surface area (Å²) in [6, 6.07) is 13.7. The molecule has 23 heavy (non-hydrogen) atoms. The standard InChI is InChI=1S/C18H21Cl2N3/c19-16-6-4-15(5-7-16)18(17-3-1-2-10-22-17)23(20)13-14-8-11-21-12-9-14/h1-7,10,14,18,21H,8-9,11-13H2. The number of nitrogens with zero attached hydrogens (tertiary/aromatic N) is 2. The number of hydrogen-bond donors (Lipinski definition) is 1. The van der Waals surface area contributed by atoms with Crippen LogP contribution in [0.4, 0.5) is 0 Å². The fraction of sp³-hybridized carbons (Fsp3) is 0.389. The van der Waals surface area contributed by atoms with Crippen molar-refractivity contribution in [2.24, 2.45) is 5.92 Å². The van der Waals surface area contributed by atoms with E-state index in [0.717, 1.165) is 35.9 Å². The SMILES string of the molecule is Clc1ccc(C(c2ccccn2)N(Cl)CC2CCNCC2)cc1. The van der Waals surface area contributed by atoms with Gasteiger partial charge in [0.15, 0.2) is 0 Å². The number of pyridine rings is 1. The highest BCUT2D eigenvalue weighted by Crippen LogP contribution is 2.31. The molecule has 1 atom stereocenters. The van der Waals surface area contributed by atoms with Gasteiger partial charge in [0.2, 0.25) is 0 Å². The molecular weight excluding hydrogens is 329 g/mol. The first-order chi connectivity index (χ1) is 11.2. The van der Waals surface area contributed by atoms with Crippen molar-refractivity contribution < 1.29 is 0 Å². The number of piperidine rings is 1. The van der Waals surface area contributed by atoms with Crippen LogP contribution in [0.3, 0.4) is 0 Å². The minimum Gasteiger partial charge on any atom is -0.317 e. The van der Waals surface area contributed by atoms with Gasteiger partial charge in [0.25, 0.3) is 0 Å². The molecule has 1 N–H and O–H groups in total. The predicted octanol–water partition coefficient (Wildman–Crippen LogP) is 4.28. The monoisotopic (exact) mass is 349 g/mol. The zero-order chi connectivity index (χ0) is 16.1. The topological polar surface area (TPSA) is 28.2 Å². The summed E-state index contributed by atoms with van der Waals surface area (Å²) in [6.07, 6.45) is 4.14. The van der Waals surface area contributed by atoms with Gasteiger partial charge in [-0.3, -0.25) is 4.98 Å². The van der Waals surface area contributed by atoms with Crippen LogP contribution in [-0.2, 0) is 0 Å². The Balaban J connectivity index is 1.83. The van der Waals surface area contributed by atoms with Gasteiger partial charge in [-0.25, -0.2) is 4.42 Å². The van der Waals surface area contributed by atoms with Gasteiger partial charge in [-0.15, -0.1) is 0 Å². The maximum atomic E-state index is 6.73. The average Bonchev–Trinajstić information content (AvgIpc) is 2.59. The molecule has 3 nitrogen and oxygen atoms in total. The molecule has 1 aliphatic rings. The molecular formula is C18H21Cl2N3. The van der Waals surface area contributed by atoms with Crippen LogP contribution >= 0.6 is 23.4 Å². The molecule has 0 amide bonds. The summed E-state index contributed by atoms with van der Waals surface area (Å²) >= 11 is 12.8. The zero-order valence-electron chi connectivity index (χ0n) is 13.0. The molecule has 1 saturated heterocycles. The Labute approximate surface area is 147 Å². The summed E-state index contributed by atoms with van der Waals surface area (Å²) in [4.78, 5) is 4.52. The summed E-state index contributed by atoms with van der Waals surface area (Å²) in [5, 5.41) is 4.13. The minimum atomic E-state index is -0.0648. The molecule has 0 bridgehead atoms. The highest BCUT2D eigenvalue weighted by Gasteiger charge is 2.25. The third-order valence-electron chi connectivity index (χ3n) is 4.33. The first kappa shape index (κ1) is 16.7. The van der Waals surface area contributed by atoms with Crippen molar-refractivity contribution in [3.8, 4) is 0 Å². The molecule has 0 spiro atoms. The van der Waals surface area contributed by atoms with Crippen molar-refractivity contribution in [1.82, 2.24) is 14.7 Å². The van der Waals surface area contributed by atoms with Crippen molar-refractivity contribution in [3.05, 3.63) is 64.9 Å². The van der Waals surface area contributed by atoms with Gasteiger partial charge in [-0.05, 0) is 73.5 Å². The molecule has 1 aliphatic heterocycles. The molecule has 1 aromatic heterocycles. The largest absolute Gasteiger partial charge is 0.317 e. The second kappa shape index (κ2) is 8.11. The van der Waals surface area contributed by atoms with Gasteiger partial charge in [-0.1, -0.05) is 29.8 Å².